The molecule has 0 spiro atoms. The maximum atomic E-state index is 7.04. The summed E-state index contributed by atoms with van der Waals surface area (Å²) in [7, 11) is 0. The van der Waals surface area contributed by atoms with Gasteiger partial charge in [-0.15, -0.1) is 0 Å². The van der Waals surface area contributed by atoms with Crippen molar-refractivity contribution in [2.45, 2.75) is 118 Å². The molecule has 33 heavy (non-hydrogen) atoms. The van der Waals surface area contributed by atoms with Gasteiger partial charge >= 0.3 is 0 Å². The molecule has 0 aromatic heterocycles. The van der Waals surface area contributed by atoms with Gasteiger partial charge in [0.1, 0.15) is 0 Å². The summed E-state index contributed by atoms with van der Waals surface area (Å²) in [6, 6.07) is 0. The zero-order valence-electron chi connectivity index (χ0n) is 22.2. The van der Waals surface area contributed by atoms with Crippen LogP contribution >= 0.6 is 22.6 Å². The van der Waals surface area contributed by atoms with Crippen molar-refractivity contribution in [3.63, 3.8) is 0 Å². The second kappa shape index (κ2) is 9.84. The molecule has 2 nitrogen and oxygen atoms in total. The van der Waals surface area contributed by atoms with Crippen LogP contribution in [0.4, 0.5) is 0 Å². The largest absolute Gasteiger partial charge is 0.353 e. The fourth-order valence-electron chi connectivity index (χ4n) is 10.2. The molecule has 12 atom stereocenters. The quantitative estimate of drug-likeness (QED) is 0.187. The van der Waals surface area contributed by atoms with Crippen molar-refractivity contribution < 1.29 is 9.47 Å². The van der Waals surface area contributed by atoms with Crippen LogP contribution < -0.4 is 0 Å². The first-order chi connectivity index (χ1) is 15.8. The zero-order chi connectivity index (χ0) is 23.4. The van der Waals surface area contributed by atoms with E-state index in [4.69, 9.17) is 9.47 Å². The second-order valence-electron chi connectivity index (χ2n) is 13.7. The monoisotopic (exact) mass is 570 g/mol. The summed E-state index contributed by atoms with van der Waals surface area (Å²) in [5, 5.41) is 0. The van der Waals surface area contributed by atoms with Crippen LogP contribution in [0.2, 0.25) is 0 Å². The SMILES string of the molecule is C[C@@H]1CC[C@@]2(C)C(CC(OC3CCCCO3)C3C2C[C@H](C)[C@@]2(C)C3CC[C@@H]2[C@H](C)CCI)C1. The Morgan fingerprint density at radius 1 is 1.00 bits per heavy atom. The lowest BCUT2D eigenvalue weighted by Crippen LogP contribution is -2.61. The molecule has 0 radical (unpaired) electrons. The molecular formula is C30H51IO2. The highest BCUT2D eigenvalue weighted by molar-refractivity contribution is 14.1. The van der Waals surface area contributed by atoms with Crippen LogP contribution in [0.15, 0.2) is 0 Å². The minimum atomic E-state index is 0.0653. The van der Waals surface area contributed by atoms with E-state index in [9.17, 15) is 0 Å². The predicted molar refractivity (Wildman–Crippen MR) is 145 cm³/mol. The third-order valence-electron chi connectivity index (χ3n) is 12.3. The molecule has 0 aromatic rings. The van der Waals surface area contributed by atoms with E-state index in [0.29, 0.717) is 16.9 Å². The van der Waals surface area contributed by atoms with Gasteiger partial charge < -0.3 is 9.47 Å². The minimum Gasteiger partial charge on any atom is -0.353 e. The molecule has 4 saturated carbocycles. The number of rotatable bonds is 5. The Kier molecular flexibility index (Phi) is 7.55. The molecule has 1 aliphatic heterocycles. The van der Waals surface area contributed by atoms with Gasteiger partial charge in [0.25, 0.3) is 0 Å². The van der Waals surface area contributed by atoms with E-state index in [2.05, 4.69) is 57.2 Å². The Balaban J connectivity index is 1.48. The summed E-state index contributed by atoms with van der Waals surface area (Å²) in [5.41, 5.74) is 1.03. The molecule has 5 rings (SSSR count). The average molecular weight is 571 g/mol. The standard InChI is InChI=1S/C30H51IO2/c1-19-11-13-29(4)22(16-19)18-26(33-27-8-6-7-15-32-27)28-24-10-9-23(20(2)12-14-31)30(24,5)21(3)17-25(28)29/h19-28H,6-18H2,1-5H3/t19-,20-,21+,22?,23-,24?,25?,26?,27?,28?,29+,30-/m1/s1. The first kappa shape index (κ1) is 25.3. The van der Waals surface area contributed by atoms with E-state index in [1.165, 1.54) is 68.6 Å². The molecule has 1 heterocycles. The Hall–Kier alpha value is 0.650. The van der Waals surface area contributed by atoms with Gasteiger partial charge in [0.05, 0.1) is 6.10 Å². The fraction of sp³-hybridized carbons (Fsp3) is 1.00. The first-order valence-corrected chi connectivity index (χ1v) is 16.1. The lowest BCUT2D eigenvalue weighted by Gasteiger charge is -2.65. The van der Waals surface area contributed by atoms with Crippen molar-refractivity contribution >= 4 is 22.6 Å². The van der Waals surface area contributed by atoms with E-state index >= 15 is 0 Å². The first-order valence-electron chi connectivity index (χ1n) is 14.6. The third kappa shape index (κ3) is 4.28. The molecule has 5 aliphatic rings. The highest BCUT2D eigenvalue weighted by Gasteiger charge is 2.65. The lowest BCUT2D eigenvalue weighted by molar-refractivity contribution is -0.255. The molecule has 5 fully saturated rings. The number of alkyl halides is 1. The average Bonchev–Trinajstić information content (AvgIpc) is 3.15. The summed E-state index contributed by atoms with van der Waals surface area (Å²) >= 11 is 2.60. The van der Waals surface area contributed by atoms with Gasteiger partial charge in [0, 0.05) is 6.61 Å². The second-order valence-corrected chi connectivity index (χ2v) is 14.8. The molecular weight excluding hydrogens is 519 g/mol. The van der Waals surface area contributed by atoms with Gasteiger partial charge in [-0.3, -0.25) is 0 Å². The summed E-state index contributed by atoms with van der Waals surface area (Å²) in [4.78, 5) is 0. The summed E-state index contributed by atoms with van der Waals surface area (Å²) < 4.78 is 14.5. The van der Waals surface area contributed by atoms with E-state index in [1.807, 2.05) is 0 Å². The molecule has 3 heteroatoms. The van der Waals surface area contributed by atoms with Crippen molar-refractivity contribution in [2.75, 3.05) is 11.0 Å². The van der Waals surface area contributed by atoms with Crippen molar-refractivity contribution in [3.8, 4) is 0 Å². The van der Waals surface area contributed by atoms with Gasteiger partial charge in [-0.05, 0) is 127 Å². The van der Waals surface area contributed by atoms with Crippen molar-refractivity contribution in [2.24, 2.45) is 58.2 Å². The predicted octanol–water partition coefficient (Wildman–Crippen LogP) is 8.51. The Morgan fingerprint density at radius 3 is 2.55 bits per heavy atom. The van der Waals surface area contributed by atoms with Crippen LogP contribution in [0.1, 0.15) is 105 Å². The van der Waals surface area contributed by atoms with Crippen LogP contribution in [0, 0.1) is 58.2 Å². The molecule has 0 N–H and O–H groups in total. The molecule has 0 amide bonds. The van der Waals surface area contributed by atoms with Gasteiger partial charge in [0.15, 0.2) is 6.29 Å². The summed E-state index contributed by atoms with van der Waals surface area (Å²) in [6.45, 7) is 14.1. The van der Waals surface area contributed by atoms with E-state index in [-0.39, 0.29) is 6.29 Å². The number of fused-ring (bicyclic) bond motifs is 5. The van der Waals surface area contributed by atoms with Gasteiger partial charge in [-0.1, -0.05) is 63.6 Å². The van der Waals surface area contributed by atoms with E-state index in [0.717, 1.165) is 60.4 Å². The van der Waals surface area contributed by atoms with Crippen molar-refractivity contribution in [3.05, 3.63) is 0 Å². The smallest absolute Gasteiger partial charge is 0.157 e. The molecule has 0 bridgehead atoms. The van der Waals surface area contributed by atoms with Crippen LogP contribution in [0.25, 0.3) is 0 Å². The van der Waals surface area contributed by atoms with Gasteiger partial charge in [0.2, 0.25) is 0 Å². The summed E-state index contributed by atoms with van der Waals surface area (Å²) in [6.07, 6.45) is 15.5. The molecule has 6 unspecified atom stereocenters. The fourth-order valence-corrected chi connectivity index (χ4v) is 11.2. The molecule has 190 valence electrons. The Labute approximate surface area is 218 Å². The Bertz CT molecular complexity index is 676. The Morgan fingerprint density at radius 2 is 1.82 bits per heavy atom. The number of ether oxygens (including phenoxy) is 2. The number of halogens is 1. The van der Waals surface area contributed by atoms with Crippen LogP contribution in [0.5, 0.6) is 0 Å². The lowest BCUT2D eigenvalue weighted by atomic mass is 9.41. The van der Waals surface area contributed by atoms with E-state index in [1.54, 1.807) is 0 Å². The number of hydrogen-bond donors (Lipinski definition) is 0. The zero-order valence-corrected chi connectivity index (χ0v) is 24.3. The molecule has 1 saturated heterocycles. The van der Waals surface area contributed by atoms with Crippen molar-refractivity contribution in [1.82, 2.24) is 0 Å². The van der Waals surface area contributed by atoms with Crippen LogP contribution in [0.3, 0.4) is 0 Å². The number of hydrogen-bond acceptors (Lipinski definition) is 2. The molecule has 4 aliphatic carbocycles. The van der Waals surface area contributed by atoms with Crippen LogP contribution in [-0.2, 0) is 9.47 Å². The highest BCUT2D eigenvalue weighted by Crippen LogP contribution is 2.70. The topological polar surface area (TPSA) is 18.5 Å². The molecule has 0 aromatic carbocycles. The third-order valence-corrected chi connectivity index (χ3v) is 12.9. The van der Waals surface area contributed by atoms with Crippen molar-refractivity contribution in [1.29, 1.82) is 0 Å². The van der Waals surface area contributed by atoms with E-state index < -0.39 is 0 Å². The van der Waals surface area contributed by atoms with Gasteiger partial charge in [-0.25, -0.2) is 0 Å². The van der Waals surface area contributed by atoms with Gasteiger partial charge in [-0.2, -0.15) is 0 Å². The summed E-state index contributed by atoms with van der Waals surface area (Å²) in [5.74, 6) is 6.79. The normalized spacial score (nSPS) is 53.1. The minimum absolute atomic E-state index is 0.0653. The highest BCUT2D eigenvalue weighted by atomic mass is 127. The maximum Gasteiger partial charge on any atom is 0.157 e. The van der Waals surface area contributed by atoms with Crippen LogP contribution in [-0.4, -0.2) is 23.4 Å². The maximum absolute atomic E-state index is 7.04.